The summed E-state index contributed by atoms with van der Waals surface area (Å²) in [6, 6.07) is 1.71. The number of carbonyl (C=O) groups is 2. The van der Waals surface area contributed by atoms with Gasteiger partial charge < -0.3 is 10.2 Å². The predicted molar refractivity (Wildman–Crippen MR) is 81.9 cm³/mol. The summed E-state index contributed by atoms with van der Waals surface area (Å²) in [6.07, 6.45) is 7.98. The van der Waals surface area contributed by atoms with E-state index in [-0.39, 0.29) is 23.9 Å². The molecule has 0 radical (unpaired) electrons. The summed E-state index contributed by atoms with van der Waals surface area (Å²) in [5.74, 6) is 0.0751. The third kappa shape index (κ3) is 3.00. The van der Waals surface area contributed by atoms with Crippen LogP contribution < -0.4 is 5.32 Å². The van der Waals surface area contributed by atoms with Gasteiger partial charge in [-0.25, -0.2) is 0 Å². The lowest BCUT2D eigenvalue weighted by Gasteiger charge is -2.37. The molecule has 3 heterocycles. The Hall–Kier alpha value is -1.85. The zero-order valence-electron chi connectivity index (χ0n) is 13.1. The molecule has 0 spiro atoms. The summed E-state index contributed by atoms with van der Waals surface area (Å²) in [7, 11) is 1.92. The van der Waals surface area contributed by atoms with E-state index in [0.29, 0.717) is 6.42 Å². The van der Waals surface area contributed by atoms with Gasteiger partial charge in [0, 0.05) is 26.2 Å². The van der Waals surface area contributed by atoms with Crippen LogP contribution in [-0.2, 0) is 16.6 Å². The molecule has 22 heavy (non-hydrogen) atoms. The van der Waals surface area contributed by atoms with E-state index in [9.17, 15) is 9.59 Å². The minimum absolute atomic E-state index is 0.00458. The topological polar surface area (TPSA) is 67.2 Å². The molecule has 2 aliphatic rings. The standard InChI is InChI=1S/C16H24N4O2/c1-19-13(9-10-17-19)14-7-4-5-11-20(14)16(22)12-6-2-3-8-15(21)18-12/h9-10,12,14H,2-8,11H2,1H3,(H,18,21). The normalized spacial score (nSPS) is 26.4. The van der Waals surface area contributed by atoms with Crippen LogP contribution in [0.1, 0.15) is 56.7 Å². The number of aromatic nitrogens is 2. The Morgan fingerprint density at radius 2 is 2.09 bits per heavy atom. The quantitative estimate of drug-likeness (QED) is 0.901. The number of likely N-dealkylation sites (tertiary alicyclic amines) is 1. The van der Waals surface area contributed by atoms with Gasteiger partial charge in [-0.2, -0.15) is 5.10 Å². The van der Waals surface area contributed by atoms with Gasteiger partial charge >= 0.3 is 0 Å². The Kier molecular flexibility index (Phi) is 4.45. The molecule has 6 heteroatoms. The van der Waals surface area contributed by atoms with Crippen molar-refractivity contribution < 1.29 is 9.59 Å². The first-order valence-corrected chi connectivity index (χ1v) is 8.24. The van der Waals surface area contributed by atoms with E-state index >= 15 is 0 Å². The van der Waals surface area contributed by atoms with Crippen LogP contribution in [0.3, 0.4) is 0 Å². The molecule has 1 N–H and O–H groups in total. The number of nitrogens with zero attached hydrogens (tertiary/aromatic N) is 3. The molecule has 2 atom stereocenters. The van der Waals surface area contributed by atoms with Crippen LogP contribution in [0.25, 0.3) is 0 Å². The van der Waals surface area contributed by atoms with E-state index in [4.69, 9.17) is 0 Å². The number of hydrogen-bond donors (Lipinski definition) is 1. The first kappa shape index (κ1) is 15.1. The van der Waals surface area contributed by atoms with Crippen molar-refractivity contribution in [2.75, 3.05) is 6.54 Å². The van der Waals surface area contributed by atoms with E-state index in [2.05, 4.69) is 10.4 Å². The van der Waals surface area contributed by atoms with Crippen LogP contribution in [-0.4, -0.2) is 39.1 Å². The van der Waals surface area contributed by atoms with Crippen molar-refractivity contribution in [2.45, 2.75) is 57.0 Å². The second-order valence-electron chi connectivity index (χ2n) is 6.29. The van der Waals surface area contributed by atoms with Gasteiger partial charge in [-0.3, -0.25) is 14.3 Å². The molecule has 2 aliphatic heterocycles. The molecular weight excluding hydrogens is 280 g/mol. The van der Waals surface area contributed by atoms with Crippen molar-refractivity contribution in [1.29, 1.82) is 0 Å². The third-order valence-corrected chi connectivity index (χ3v) is 4.77. The summed E-state index contributed by atoms with van der Waals surface area (Å²) in [6.45, 7) is 0.765. The van der Waals surface area contributed by atoms with Crippen molar-refractivity contribution >= 4 is 11.8 Å². The van der Waals surface area contributed by atoms with Crippen LogP contribution in [0.4, 0.5) is 0 Å². The molecule has 0 bridgehead atoms. The molecule has 2 unspecified atom stereocenters. The van der Waals surface area contributed by atoms with E-state index in [0.717, 1.165) is 50.8 Å². The van der Waals surface area contributed by atoms with Gasteiger partial charge in [-0.1, -0.05) is 6.42 Å². The van der Waals surface area contributed by atoms with Crippen LogP contribution in [0.2, 0.25) is 0 Å². The summed E-state index contributed by atoms with van der Waals surface area (Å²) < 4.78 is 1.85. The molecule has 2 amide bonds. The number of carbonyl (C=O) groups excluding carboxylic acids is 2. The second-order valence-corrected chi connectivity index (χ2v) is 6.29. The second kappa shape index (κ2) is 6.50. The highest BCUT2D eigenvalue weighted by Gasteiger charge is 2.34. The Bertz CT molecular complexity index is 554. The number of hydrogen-bond acceptors (Lipinski definition) is 3. The van der Waals surface area contributed by atoms with Gasteiger partial charge in [0.25, 0.3) is 0 Å². The molecule has 0 saturated carbocycles. The maximum absolute atomic E-state index is 12.9. The van der Waals surface area contributed by atoms with E-state index < -0.39 is 0 Å². The molecule has 120 valence electrons. The highest BCUT2D eigenvalue weighted by atomic mass is 16.2. The molecule has 3 rings (SSSR count). The number of rotatable bonds is 2. The lowest BCUT2D eigenvalue weighted by Crippen LogP contribution is -2.50. The fraction of sp³-hybridized carbons (Fsp3) is 0.688. The molecule has 0 aromatic carbocycles. The Labute approximate surface area is 130 Å². The van der Waals surface area contributed by atoms with E-state index in [1.165, 1.54) is 0 Å². The van der Waals surface area contributed by atoms with Gasteiger partial charge in [-0.15, -0.1) is 0 Å². The molecular formula is C16H24N4O2. The number of amides is 2. The zero-order valence-corrected chi connectivity index (χ0v) is 13.1. The van der Waals surface area contributed by atoms with Crippen molar-refractivity contribution in [3.05, 3.63) is 18.0 Å². The molecule has 6 nitrogen and oxygen atoms in total. The fourth-order valence-corrected chi connectivity index (χ4v) is 3.57. The van der Waals surface area contributed by atoms with Crippen molar-refractivity contribution in [3.8, 4) is 0 Å². The van der Waals surface area contributed by atoms with Crippen LogP contribution in [0, 0.1) is 0 Å². The monoisotopic (exact) mass is 304 g/mol. The van der Waals surface area contributed by atoms with Crippen LogP contribution in [0.15, 0.2) is 12.3 Å². The Morgan fingerprint density at radius 1 is 1.27 bits per heavy atom. The van der Waals surface area contributed by atoms with Crippen LogP contribution >= 0.6 is 0 Å². The molecule has 1 aromatic rings. The van der Waals surface area contributed by atoms with Crippen LogP contribution in [0.5, 0.6) is 0 Å². The largest absolute Gasteiger partial charge is 0.344 e. The first-order valence-electron chi connectivity index (χ1n) is 8.24. The fourth-order valence-electron chi connectivity index (χ4n) is 3.57. The average molecular weight is 304 g/mol. The number of piperidine rings is 1. The lowest BCUT2D eigenvalue weighted by atomic mass is 9.97. The minimum atomic E-state index is -0.358. The Morgan fingerprint density at radius 3 is 2.86 bits per heavy atom. The van der Waals surface area contributed by atoms with E-state index in [1.54, 1.807) is 6.20 Å². The van der Waals surface area contributed by atoms with Gasteiger partial charge in [-0.05, 0) is 38.2 Å². The molecule has 1 aromatic heterocycles. The highest BCUT2D eigenvalue weighted by Crippen LogP contribution is 2.31. The number of nitrogens with one attached hydrogen (secondary N) is 1. The molecule has 2 fully saturated rings. The first-order chi connectivity index (χ1) is 10.7. The third-order valence-electron chi connectivity index (χ3n) is 4.77. The van der Waals surface area contributed by atoms with E-state index in [1.807, 2.05) is 22.7 Å². The molecule has 2 saturated heterocycles. The SMILES string of the molecule is Cn1nccc1C1CCCCN1C(=O)C1CCCCC(=O)N1. The van der Waals surface area contributed by atoms with Crippen molar-refractivity contribution in [2.24, 2.45) is 7.05 Å². The van der Waals surface area contributed by atoms with Gasteiger partial charge in [0.1, 0.15) is 6.04 Å². The molecule has 0 aliphatic carbocycles. The smallest absolute Gasteiger partial charge is 0.245 e. The lowest BCUT2D eigenvalue weighted by molar-refractivity contribution is -0.139. The van der Waals surface area contributed by atoms with Crippen molar-refractivity contribution in [3.63, 3.8) is 0 Å². The Balaban J connectivity index is 1.79. The average Bonchev–Trinajstić information content (AvgIpc) is 2.83. The minimum Gasteiger partial charge on any atom is -0.344 e. The summed E-state index contributed by atoms with van der Waals surface area (Å²) in [4.78, 5) is 26.7. The number of aryl methyl sites for hydroxylation is 1. The summed E-state index contributed by atoms with van der Waals surface area (Å²) in [5, 5.41) is 7.14. The maximum atomic E-state index is 12.9. The predicted octanol–water partition coefficient (Wildman–Crippen LogP) is 1.53. The highest BCUT2D eigenvalue weighted by molar-refractivity contribution is 5.88. The zero-order chi connectivity index (χ0) is 15.5. The maximum Gasteiger partial charge on any atom is 0.245 e. The van der Waals surface area contributed by atoms with Crippen molar-refractivity contribution in [1.82, 2.24) is 20.0 Å². The van der Waals surface area contributed by atoms with Gasteiger partial charge in [0.05, 0.1) is 11.7 Å². The summed E-state index contributed by atoms with van der Waals surface area (Å²) in [5.41, 5.74) is 1.08. The van der Waals surface area contributed by atoms with Gasteiger partial charge in [0.15, 0.2) is 0 Å². The summed E-state index contributed by atoms with van der Waals surface area (Å²) >= 11 is 0. The van der Waals surface area contributed by atoms with Gasteiger partial charge in [0.2, 0.25) is 11.8 Å².